The Morgan fingerprint density at radius 2 is 2.42 bits per heavy atom. The van der Waals surface area contributed by atoms with Crippen LogP contribution in [0.1, 0.15) is 5.01 Å². The largest absolute Gasteiger partial charge is 0.478 e. The molecule has 0 amide bonds. The van der Waals surface area contributed by atoms with Crippen molar-refractivity contribution in [1.82, 2.24) is 4.98 Å². The lowest BCUT2D eigenvalue weighted by Crippen LogP contribution is -1.84. The number of allylic oxidation sites excluding steroid dienone is 2. The van der Waals surface area contributed by atoms with E-state index in [4.69, 9.17) is 5.11 Å². The van der Waals surface area contributed by atoms with Crippen molar-refractivity contribution in [3.05, 3.63) is 34.8 Å². The Hall–Kier alpha value is -1.42. The first kappa shape index (κ1) is 8.67. The van der Waals surface area contributed by atoms with E-state index in [-0.39, 0.29) is 0 Å². The molecule has 1 rings (SSSR count). The molecule has 1 N–H and O–H groups in total. The minimum absolute atomic E-state index is 0.866. The number of hydrogen-bond acceptors (Lipinski definition) is 3. The molecule has 4 heteroatoms. The maximum atomic E-state index is 10.0. The van der Waals surface area contributed by atoms with Crippen molar-refractivity contribution < 1.29 is 9.90 Å². The van der Waals surface area contributed by atoms with E-state index in [1.54, 1.807) is 18.3 Å². The summed E-state index contributed by atoms with van der Waals surface area (Å²) in [5.41, 5.74) is 0. The van der Waals surface area contributed by atoms with Crippen molar-refractivity contribution in [1.29, 1.82) is 0 Å². The zero-order valence-electron chi connectivity index (χ0n) is 6.18. The molecule has 0 unspecified atom stereocenters. The normalized spacial score (nSPS) is 11.3. The predicted molar refractivity (Wildman–Crippen MR) is 47.9 cm³/mol. The Morgan fingerprint density at radius 3 is 3.00 bits per heavy atom. The van der Waals surface area contributed by atoms with Crippen molar-refractivity contribution in [2.75, 3.05) is 0 Å². The van der Waals surface area contributed by atoms with Crippen LogP contribution in [0, 0.1) is 0 Å². The van der Waals surface area contributed by atoms with Crippen LogP contribution in [-0.4, -0.2) is 16.1 Å². The van der Waals surface area contributed by atoms with Crippen molar-refractivity contribution >= 4 is 23.4 Å². The Labute approximate surface area is 73.7 Å². The summed E-state index contributed by atoms with van der Waals surface area (Å²) in [7, 11) is 0. The fourth-order valence-electron chi connectivity index (χ4n) is 0.593. The molecule has 0 aromatic carbocycles. The van der Waals surface area contributed by atoms with Gasteiger partial charge in [0.05, 0.1) is 0 Å². The number of nitrogens with zero attached hydrogens (tertiary/aromatic N) is 1. The first-order valence-electron chi connectivity index (χ1n) is 3.26. The Kier molecular flexibility index (Phi) is 3.22. The third-order valence-electron chi connectivity index (χ3n) is 1.04. The number of carboxylic acids is 1. The molecule has 1 aromatic rings. The molecule has 0 atom stereocenters. The summed E-state index contributed by atoms with van der Waals surface area (Å²) in [5, 5.41) is 11.0. The van der Waals surface area contributed by atoms with Gasteiger partial charge in [0.15, 0.2) is 0 Å². The van der Waals surface area contributed by atoms with Crippen LogP contribution in [0.2, 0.25) is 0 Å². The molecule has 0 bridgehead atoms. The van der Waals surface area contributed by atoms with Gasteiger partial charge >= 0.3 is 5.97 Å². The molecule has 0 radical (unpaired) electrons. The van der Waals surface area contributed by atoms with Crippen LogP contribution in [0.4, 0.5) is 0 Å². The summed E-state index contributed by atoms with van der Waals surface area (Å²) in [6.45, 7) is 0. The molecule has 0 aliphatic rings. The van der Waals surface area contributed by atoms with E-state index in [0.29, 0.717) is 0 Å². The average molecular weight is 181 g/mol. The maximum Gasteiger partial charge on any atom is 0.328 e. The maximum absolute atomic E-state index is 10.0. The van der Waals surface area contributed by atoms with E-state index >= 15 is 0 Å². The van der Waals surface area contributed by atoms with Gasteiger partial charge in [-0.05, 0) is 6.08 Å². The lowest BCUT2D eigenvalue weighted by molar-refractivity contribution is -0.131. The predicted octanol–water partition coefficient (Wildman–Crippen LogP) is 1.80. The second-order valence-electron chi connectivity index (χ2n) is 1.93. The molecule has 0 aliphatic carbocycles. The van der Waals surface area contributed by atoms with Crippen LogP contribution < -0.4 is 0 Å². The topological polar surface area (TPSA) is 50.2 Å². The number of rotatable bonds is 3. The van der Waals surface area contributed by atoms with E-state index < -0.39 is 5.97 Å². The van der Waals surface area contributed by atoms with E-state index in [9.17, 15) is 4.79 Å². The summed E-state index contributed by atoms with van der Waals surface area (Å²) < 4.78 is 0. The number of aromatic nitrogens is 1. The SMILES string of the molecule is O=C(O)/C=C/C=C/c1nccs1. The second kappa shape index (κ2) is 4.46. The number of carboxylic acid groups (broad SMARTS) is 1. The van der Waals surface area contributed by atoms with E-state index in [2.05, 4.69) is 4.98 Å². The average Bonchev–Trinajstić information content (AvgIpc) is 2.49. The third-order valence-corrected chi connectivity index (χ3v) is 1.78. The fraction of sp³-hybridized carbons (Fsp3) is 0. The van der Waals surface area contributed by atoms with Gasteiger partial charge in [0.25, 0.3) is 0 Å². The zero-order valence-corrected chi connectivity index (χ0v) is 6.99. The van der Waals surface area contributed by atoms with Gasteiger partial charge in [0.1, 0.15) is 5.01 Å². The van der Waals surface area contributed by atoms with Gasteiger partial charge in [0.2, 0.25) is 0 Å². The third kappa shape index (κ3) is 3.12. The molecule has 0 spiro atoms. The van der Waals surface area contributed by atoms with Crippen molar-refractivity contribution in [3.8, 4) is 0 Å². The van der Waals surface area contributed by atoms with Crippen molar-refractivity contribution in [3.63, 3.8) is 0 Å². The van der Waals surface area contributed by atoms with Crippen molar-refractivity contribution in [2.45, 2.75) is 0 Å². The number of hydrogen-bond donors (Lipinski definition) is 1. The number of carbonyl (C=O) groups is 1. The molecular weight excluding hydrogens is 174 g/mol. The highest BCUT2D eigenvalue weighted by Crippen LogP contribution is 2.05. The lowest BCUT2D eigenvalue weighted by Gasteiger charge is -1.77. The number of aliphatic carboxylic acids is 1. The Balaban J connectivity index is 2.47. The van der Waals surface area contributed by atoms with E-state index in [1.165, 1.54) is 17.4 Å². The van der Waals surface area contributed by atoms with Gasteiger partial charge in [-0.1, -0.05) is 12.2 Å². The van der Waals surface area contributed by atoms with E-state index in [0.717, 1.165) is 11.1 Å². The molecule has 0 saturated heterocycles. The van der Waals surface area contributed by atoms with Crippen LogP contribution in [0.5, 0.6) is 0 Å². The minimum Gasteiger partial charge on any atom is -0.478 e. The molecule has 3 nitrogen and oxygen atoms in total. The standard InChI is InChI=1S/C8H7NO2S/c10-8(11)4-2-1-3-7-9-5-6-12-7/h1-6H,(H,10,11)/b3-1+,4-2+. The molecule has 1 aromatic heterocycles. The van der Waals surface area contributed by atoms with Gasteiger partial charge in [-0.25, -0.2) is 9.78 Å². The monoisotopic (exact) mass is 181 g/mol. The molecule has 0 saturated carbocycles. The summed E-state index contributed by atoms with van der Waals surface area (Å²) in [4.78, 5) is 14.0. The highest BCUT2D eigenvalue weighted by atomic mass is 32.1. The first-order chi connectivity index (χ1) is 5.79. The highest BCUT2D eigenvalue weighted by molar-refractivity contribution is 7.10. The molecule has 62 valence electrons. The van der Waals surface area contributed by atoms with Gasteiger partial charge in [-0.15, -0.1) is 11.3 Å². The van der Waals surface area contributed by atoms with Crippen LogP contribution in [-0.2, 0) is 4.79 Å². The smallest absolute Gasteiger partial charge is 0.328 e. The number of thiazole rings is 1. The molecule has 0 fully saturated rings. The first-order valence-corrected chi connectivity index (χ1v) is 4.14. The minimum atomic E-state index is -0.946. The Bertz CT molecular complexity index is 301. The second-order valence-corrected chi connectivity index (χ2v) is 2.85. The fourth-order valence-corrected chi connectivity index (χ4v) is 1.13. The van der Waals surface area contributed by atoms with Gasteiger partial charge in [0, 0.05) is 17.7 Å². The highest BCUT2D eigenvalue weighted by Gasteiger charge is 1.85. The van der Waals surface area contributed by atoms with Crippen LogP contribution in [0.15, 0.2) is 29.8 Å². The van der Waals surface area contributed by atoms with E-state index in [1.807, 2.05) is 5.38 Å². The van der Waals surface area contributed by atoms with Gasteiger partial charge < -0.3 is 5.11 Å². The van der Waals surface area contributed by atoms with Crippen molar-refractivity contribution in [2.24, 2.45) is 0 Å². The van der Waals surface area contributed by atoms with Crippen LogP contribution in [0.25, 0.3) is 6.08 Å². The quantitative estimate of drug-likeness (QED) is 0.571. The van der Waals surface area contributed by atoms with Gasteiger partial charge in [-0.2, -0.15) is 0 Å². The Morgan fingerprint density at radius 1 is 1.58 bits per heavy atom. The molecule has 0 aliphatic heterocycles. The molecule has 1 heterocycles. The molecule has 12 heavy (non-hydrogen) atoms. The summed E-state index contributed by atoms with van der Waals surface area (Å²) in [6.07, 6.45) is 7.64. The summed E-state index contributed by atoms with van der Waals surface area (Å²) >= 11 is 1.50. The zero-order chi connectivity index (χ0) is 8.81. The molecular formula is C8H7NO2S. The van der Waals surface area contributed by atoms with Crippen LogP contribution >= 0.6 is 11.3 Å². The summed E-state index contributed by atoms with van der Waals surface area (Å²) in [5.74, 6) is -0.946. The van der Waals surface area contributed by atoms with Crippen LogP contribution in [0.3, 0.4) is 0 Å². The lowest BCUT2D eigenvalue weighted by atomic mass is 10.4. The summed E-state index contributed by atoms with van der Waals surface area (Å²) in [6, 6.07) is 0. The van der Waals surface area contributed by atoms with Gasteiger partial charge in [-0.3, -0.25) is 0 Å².